The normalized spacial score (nSPS) is 33.8. The smallest absolute Gasteiger partial charge is 0.169 e. The second-order valence-electron chi connectivity index (χ2n) is 9.14. The topological polar surface area (TPSA) is 77.4 Å². The summed E-state index contributed by atoms with van der Waals surface area (Å²) in [5, 5.41) is 22.1. The number of aliphatic hydroxyl groups excluding tert-OH is 2. The van der Waals surface area contributed by atoms with E-state index in [-0.39, 0.29) is 0 Å². The van der Waals surface area contributed by atoms with Crippen molar-refractivity contribution in [2.24, 2.45) is 0 Å². The van der Waals surface area contributed by atoms with Crippen LogP contribution < -0.4 is 0 Å². The van der Waals surface area contributed by atoms with Gasteiger partial charge >= 0.3 is 0 Å². The fraction of sp³-hybridized carbons (Fsp3) is 0.538. The third-order valence-corrected chi connectivity index (χ3v) is 6.88. The second-order valence-corrected chi connectivity index (χ2v) is 9.14. The van der Waals surface area contributed by atoms with Crippen LogP contribution in [0.15, 0.2) is 60.7 Å². The lowest BCUT2D eigenvalue weighted by atomic mass is 9.84. The van der Waals surface area contributed by atoms with Crippen molar-refractivity contribution < 1.29 is 29.2 Å². The first-order valence-electron chi connectivity index (χ1n) is 11.7. The Hall–Kier alpha value is -1.80. The number of ether oxygens (including phenoxy) is 4. The number of fused-ring (bicyclic) bond motifs is 1. The highest BCUT2D eigenvalue weighted by atomic mass is 16.8. The molecule has 1 saturated heterocycles. The second kappa shape index (κ2) is 9.59. The molecule has 0 radical (unpaired) electrons. The Morgan fingerprint density at radius 2 is 1.12 bits per heavy atom. The lowest BCUT2D eigenvalue weighted by Crippen LogP contribution is -2.63. The van der Waals surface area contributed by atoms with Gasteiger partial charge in [0.25, 0.3) is 0 Å². The molecule has 2 aromatic rings. The first-order valence-corrected chi connectivity index (χ1v) is 11.7. The quantitative estimate of drug-likeness (QED) is 0.718. The number of hydrogen-bond acceptors (Lipinski definition) is 6. The summed E-state index contributed by atoms with van der Waals surface area (Å²) >= 11 is 0. The van der Waals surface area contributed by atoms with Crippen LogP contribution in [0.1, 0.15) is 43.2 Å². The highest BCUT2D eigenvalue weighted by Gasteiger charge is 2.61. The molecule has 0 amide bonds. The maximum Gasteiger partial charge on any atom is 0.169 e. The molecule has 6 heteroatoms. The van der Waals surface area contributed by atoms with Gasteiger partial charge in [-0.05, 0) is 24.0 Å². The summed E-state index contributed by atoms with van der Waals surface area (Å²) in [4.78, 5) is 0. The van der Waals surface area contributed by atoms with Crippen molar-refractivity contribution in [3.8, 4) is 0 Å². The van der Waals surface area contributed by atoms with E-state index >= 15 is 0 Å². The number of rotatable bonds is 6. The average molecular weight is 441 g/mol. The van der Waals surface area contributed by atoms with E-state index in [0.717, 1.165) is 43.2 Å². The summed E-state index contributed by atoms with van der Waals surface area (Å²) < 4.78 is 25.3. The van der Waals surface area contributed by atoms with E-state index in [1.165, 1.54) is 0 Å². The maximum atomic E-state index is 11.0. The van der Waals surface area contributed by atoms with E-state index in [1.807, 2.05) is 60.7 Å². The van der Waals surface area contributed by atoms with Crippen LogP contribution in [0.3, 0.4) is 0 Å². The standard InChI is InChI=1S/C26H32O6/c27-20-21(28)23(30-17-19-12-6-2-7-13-19)25-24(31-26(32-25)14-8-3-9-15-26)22(20)29-16-18-10-4-1-5-11-18/h1-2,4-7,10-13,20-25,27-28H,3,8-9,14-17H2/t20-,21-,22-,23+,24+,25+/m0/s1. The predicted molar refractivity (Wildman–Crippen MR) is 118 cm³/mol. The van der Waals surface area contributed by atoms with Crippen molar-refractivity contribution in [3.05, 3.63) is 71.8 Å². The molecule has 6 atom stereocenters. The van der Waals surface area contributed by atoms with Crippen molar-refractivity contribution in [1.29, 1.82) is 0 Å². The maximum absolute atomic E-state index is 11.0. The molecule has 1 spiro atoms. The van der Waals surface area contributed by atoms with Crippen molar-refractivity contribution in [2.45, 2.75) is 87.7 Å². The zero-order valence-electron chi connectivity index (χ0n) is 18.2. The van der Waals surface area contributed by atoms with Crippen LogP contribution in [0.25, 0.3) is 0 Å². The molecule has 6 nitrogen and oxygen atoms in total. The largest absolute Gasteiger partial charge is 0.387 e. The van der Waals surface area contributed by atoms with E-state index in [1.54, 1.807) is 0 Å². The van der Waals surface area contributed by atoms with Crippen LogP contribution in [0, 0.1) is 0 Å². The summed E-state index contributed by atoms with van der Waals surface area (Å²) in [5.74, 6) is -0.680. The zero-order valence-corrected chi connectivity index (χ0v) is 18.2. The molecule has 0 aromatic heterocycles. The first kappa shape index (κ1) is 22.0. The molecule has 3 fully saturated rings. The van der Waals surface area contributed by atoms with Gasteiger partial charge in [0.15, 0.2) is 5.79 Å². The van der Waals surface area contributed by atoms with Gasteiger partial charge in [-0.1, -0.05) is 67.1 Å². The molecule has 3 aliphatic rings. The third-order valence-electron chi connectivity index (χ3n) is 6.88. The van der Waals surface area contributed by atoms with Gasteiger partial charge in [-0.3, -0.25) is 0 Å². The van der Waals surface area contributed by atoms with Crippen molar-refractivity contribution >= 4 is 0 Å². The Morgan fingerprint density at radius 1 is 0.688 bits per heavy atom. The van der Waals surface area contributed by atoms with Crippen LogP contribution >= 0.6 is 0 Å². The Balaban J connectivity index is 1.36. The van der Waals surface area contributed by atoms with Crippen LogP contribution in [0.5, 0.6) is 0 Å². The van der Waals surface area contributed by atoms with Gasteiger partial charge in [-0.15, -0.1) is 0 Å². The summed E-state index contributed by atoms with van der Waals surface area (Å²) in [6, 6.07) is 19.6. The molecular weight excluding hydrogens is 408 g/mol. The van der Waals surface area contributed by atoms with Crippen LogP contribution in [0.2, 0.25) is 0 Å². The van der Waals surface area contributed by atoms with Crippen molar-refractivity contribution in [1.82, 2.24) is 0 Å². The van der Waals surface area contributed by atoms with Gasteiger partial charge in [0.1, 0.15) is 36.6 Å². The summed E-state index contributed by atoms with van der Waals surface area (Å²) in [6.07, 6.45) is 0.174. The van der Waals surface area contributed by atoms with Gasteiger partial charge in [0, 0.05) is 12.8 Å². The first-order chi connectivity index (χ1) is 15.7. The van der Waals surface area contributed by atoms with E-state index in [4.69, 9.17) is 18.9 Å². The number of benzene rings is 2. The van der Waals surface area contributed by atoms with E-state index in [0.29, 0.717) is 13.2 Å². The van der Waals surface area contributed by atoms with Crippen LogP contribution in [-0.2, 0) is 32.2 Å². The highest BCUT2D eigenvalue weighted by molar-refractivity contribution is 5.15. The molecule has 0 unspecified atom stereocenters. The van der Waals surface area contributed by atoms with Crippen molar-refractivity contribution in [2.75, 3.05) is 0 Å². The monoisotopic (exact) mass is 440 g/mol. The van der Waals surface area contributed by atoms with Gasteiger partial charge in [-0.2, -0.15) is 0 Å². The Labute approximate surface area is 189 Å². The Bertz CT molecular complexity index is 788. The van der Waals surface area contributed by atoms with E-state index < -0.39 is 42.4 Å². The van der Waals surface area contributed by atoms with Crippen LogP contribution in [0.4, 0.5) is 0 Å². The fourth-order valence-corrected chi connectivity index (χ4v) is 5.19. The van der Waals surface area contributed by atoms with E-state index in [9.17, 15) is 10.2 Å². The Kier molecular flexibility index (Phi) is 6.60. The molecule has 1 heterocycles. The number of aliphatic hydroxyl groups is 2. The molecule has 2 saturated carbocycles. The molecule has 2 N–H and O–H groups in total. The molecule has 0 bridgehead atoms. The molecule has 32 heavy (non-hydrogen) atoms. The predicted octanol–water partition coefficient (Wildman–Crippen LogP) is 3.34. The minimum Gasteiger partial charge on any atom is -0.387 e. The lowest BCUT2D eigenvalue weighted by molar-refractivity contribution is -0.223. The molecule has 2 aromatic carbocycles. The summed E-state index contributed by atoms with van der Waals surface area (Å²) in [5.41, 5.74) is 2.00. The number of hydrogen-bond donors (Lipinski definition) is 2. The van der Waals surface area contributed by atoms with Gasteiger partial charge in [-0.25, -0.2) is 0 Å². The third kappa shape index (κ3) is 4.49. The van der Waals surface area contributed by atoms with Crippen molar-refractivity contribution in [3.63, 3.8) is 0 Å². The molecule has 5 rings (SSSR count). The van der Waals surface area contributed by atoms with E-state index in [2.05, 4.69) is 0 Å². The molecule has 1 aliphatic heterocycles. The lowest BCUT2D eigenvalue weighted by Gasteiger charge is -2.43. The molecular formula is C26H32O6. The Morgan fingerprint density at radius 3 is 1.56 bits per heavy atom. The molecule has 2 aliphatic carbocycles. The zero-order chi connectivity index (χ0) is 22.0. The van der Waals surface area contributed by atoms with Gasteiger partial charge < -0.3 is 29.2 Å². The average Bonchev–Trinajstić information content (AvgIpc) is 3.19. The minimum absolute atomic E-state index is 0.324. The van der Waals surface area contributed by atoms with Crippen LogP contribution in [-0.4, -0.2) is 52.6 Å². The van der Waals surface area contributed by atoms with Gasteiger partial charge in [0.2, 0.25) is 0 Å². The molecule has 172 valence electrons. The summed E-state index contributed by atoms with van der Waals surface area (Å²) in [7, 11) is 0. The van der Waals surface area contributed by atoms with Gasteiger partial charge in [0.05, 0.1) is 13.2 Å². The fourth-order valence-electron chi connectivity index (χ4n) is 5.19. The SMILES string of the molecule is O[C@H]1[C@H](O)[C@H](OCc2ccccc2)[C@H]2OC3(CCCCC3)O[C@@H]2[C@@H]1OCc1ccccc1. The summed E-state index contributed by atoms with van der Waals surface area (Å²) in [6.45, 7) is 0.648. The minimum atomic E-state index is -1.14. The highest BCUT2D eigenvalue weighted by Crippen LogP contribution is 2.46.